The molecule has 0 bridgehead atoms. The van der Waals surface area contributed by atoms with Gasteiger partial charge in [0.2, 0.25) is 10.0 Å². The summed E-state index contributed by atoms with van der Waals surface area (Å²) in [5, 5.41) is 18.2. The van der Waals surface area contributed by atoms with Gasteiger partial charge in [-0.25, -0.2) is 8.42 Å². The van der Waals surface area contributed by atoms with Gasteiger partial charge in [0.25, 0.3) is 5.91 Å². The zero-order chi connectivity index (χ0) is 27.0. The van der Waals surface area contributed by atoms with E-state index in [2.05, 4.69) is 4.99 Å². The summed E-state index contributed by atoms with van der Waals surface area (Å²) in [6.07, 6.45) is -0.0431. The van der Waals surface area contributed by atoms with Gasteiger partial charge in [0.15, 0.2) is 4.80 Å². The molecule has 3 rings (SSSR count). The number of halogens is 1. The van der Waals surface area contributed by atoms with Crippen molar-refractivity contribution in [3.05, 3.63) is 57.9 Å². The summed E-state index contributed by atoms with van der Waals surface area (Å²) in [5.41, 5.74) is 0.794. The fourth-order valence-corrected chi connectivity index (χ4v) is 6.14. The number of thiazole rings is 1. The van der Waals surface area contributed by atoms with Crippen LogP contribution in [0.15, 0.2) is 52.4 Å². The molecule has 0 aliphatic carbocycles. The number of esters is 1. The Kier molecular flexibility index (Phi) is 9.55. The molecule has 10 nitrogen and oxygen atoms in total. The molecule has 0 fully saturated rings. The van der Waals surface area contributed by atoms with Crippen LogP contribution in [0.2, 0.25) is 5.02 Å². The van der Waals surface area contributed by atoms with Gasteiger partial charge in [0.05, 0.1) is 33.9 Å². The van der Waals surface area contributed by atoms with Gasteiger partial charge in [-0.2, -0.15) is 19.8 Å². The first-order valence-electron chi connectivity index (χ1n) is 11.1. The number of hydrogen-bond donors (Lipinski definition) is 0. The third-order valence-electron chi connectivity index (χ3n) is 5.12. The highest BCUT2D eigenvalue weighted by Crippen LogP contribution is 2.22. The van der Waals surface area contributed by atoms with Crippen LogP contribution in [0.4, 0.5) is 0 Å². The van der Waals surface area contributed by atoms with Crippen LogP contribution in [-0.2, 0) is 26.1 Å². The number of nitriles is 2. The van der Waals surface area contributed by atoms with E-state index < -0.39 is 21.9 Å². The largest absolute Gasteiger partial charge is 0.465 e. The Morgan fingerprint density at radius 2 is 1.76 bits per heavy atom. The van der Waals surface area contributed by atoms with Crippen molar-refractivity contribution < 1.29 is 22.7 Å². The number of carbonyl (C=O) groups excluding carboxylic acids is 2. The van der Waals surface area contributed by atoms with E-state index in [9.17, 15) is 18.0 Å². The molecular formula is C24H22ClN5O5S2. The summed E-state index contributed by atoms with van der Waals surface area (Å²) < 4.78 is 34.4. The van der Waals surface area contributed by atoms with E-state index in [-0.39, 0.29) is 54.3 Å². The molecule has 1 heterocycles. The summed E-state index contributed by atoms with van der Waals surface area (Å²) in [6, 6.07) is 14.1. The Hall–Kier alpha value is -3.55. The lowest BCUT2D eigenvalue weighted by atomic mass is 10.2. The minimum absolute atomic E-state index is 0.0215. The Bertz CT molecular complexity index is 1550. The number of rotatable bonds is 10. The van der Waals surface area contributed by atoms with Crippen molar-refractivity contribution in [2.75, 3.05) is 19.7 Å². The van der Waals surface area contributed by atoms with Crippen molar-refractivity contribution in [2.45, 2.75) is 31.2 Å². The van der Waals surface area contributed by atoms with Gasteiger partial charge in [0.1, 0.15) is 6.54 Å². The van der Waals surface area contributed by atoms with Crippen LogP contribution in [0.3, 0.4) is 0 Å². The van der Waals surface area contributed by atoms with E-state index in [1.807, 2.05) is 12.1 Å². The minimum atomic E-state index is -3.97. The van der Waals surface area contributed by atoms with Crippen molar-refractivity contribution in [3.63, 3.8) is 0 Å². The van der Waals surface area contributed by atoms with Gasteiger partial charge < -0.3 is 9.30 Å². The molecule has 0 aliphatic rings. The molecule has 37 heavy (non-hydrogen) atoms. The first kappa shape index (κ1) is 28.0. The van der Waals surface area contributed by atoms with Gasteiger partial charge >= 0.3 is 5.97 Å². The quantitative estimate of drug-likeness (QED) is 0.345. The number of benzene rings is 2. The van der Waals surface area contributed by atoms with E-state index in [1.54, 1.807) is 29.7 Å². The molecule has 0 radical (unpaired) electrons. The van der Waals surface area contributed by atoms with Crippen molar-refractivity contribution in [1.82, 2.24) is 8.87 Å². The van der Waals surface area contributed by atoms with Crippen LogP contribution in [0.1, 0.15) is 30.1 Å². The second kappa shape index (κ2) is 12.6. The predicted molar refractivity (Wildman–Crippen MR) is 137 cm³/mol. The number of sulfonamides is 1. The maximum atomic E-state index is 13.0. The van der Waals surface area contributed by atoms with Crippen molar-refractivity contribution in [1.29, 1.82) is 10.5 Å². The molecular weight excluding hydrogens is 538 g/mol. The average Bonchev–Trinajstić information content (AvgIpc) is 3.19. The van der Waals surface area contributed by atoms with Crippen molar-refractivity contribution in [3.8, 4) is 12.1 Å². The molecule has 0 saturated carbocycles. The Balaban J connectivity index is 1.95. The van der Waals surface area contributed by atoms with Crippen LogP contribution in [0.5, 0.6) is 0 Å². The lowest BCUT2D eigenvalue weighted by molar-refractivity contribution is -0.143. The third-order valence-corrected chi connectivity index (χ3v) is 8.31. The smallest absolute Gasteiger partial charge is 0.326 e. The highest BCUT2D eigenvalue weighted by molar-refractivity contribution is 7.89. The average molecular weight is 560 g/mol. The summed E-state index contributed by atoms with van der Waals surface area (Å²) in [6.45, 7) is 1.65. The number of carbonyl (C=O) groups is 2. The number of fused-ring (bicyclic) bond motifs is 1. The maximum absolute atomic E-state index is 13.0. The summed E-state index contributed by atoms with van der Waals surface area (Å²) in [4.78, 5) is 29.5. The summed E-state index contributed by atoms with van der Waals surface area (Å²) in [7, 11) is -3.97. The Morgan fingerprint density at radius 3 is 2.35 bits per heavy atom. The molecule has 192 valence electrons. The zero-order valence-electron chi connectivity index (χ0n) is 19.8. The first-order valence-corrected chi connectivity index (χ1v) is 13.7. The van der Waals surface area contributed by atoms with Crippen LogP contribution in [0, 0.1) is 22.7 Å². The second-order valence-corrected chi connectivity index (χ2v) is 10.9. The molecule has 3 aromatic rings. The molecule has 0 saturated heterocycles. The number of hydrogen-bond acceptors (Lipinski definition) is 8. The molecule has 0 N–H and O–H groups in total. The molecule has 0 aliphatic heterocycles. The fourth-order valence-electron chi connectivity index (χ4n) is 3.39. The first-order chi connectivity index (χ1) is 17.7. The van der Waals surface area contributed by atoms with Crippen molar-refractivity contribution >= 4 is 55.1 Å². The van der Waals surface area contributed by atoms with E-state index in [0.717, 1.165) is 9.01 Å². The Morgan fingerprint density at radius 1 is 1.11 bits per heavy atom. The predicted octanol–water partition coefficient (Wildman–Crippen LogP) is 3.48. The van der Waals surface area contributed by atoms with E-state index in [0.29, 0.717) is 10.5 Å². The molecule has 1 amide bonds. The molecule has 2 aromatic carbocycles. The van der Waals surface area contributed by atoms with Crippen LogP contribution in [-0.4, -0.2) is 48.9 Å². The minimum Gasteiger partial charge on any atom is -0.465 e. The monoisotopic (exact) mass is 559 g/mol. The normalized spacial score (nSPS) is 11.9. The van der Waals surface area contributed by atoms with Gasteiger partial charge in [-0.05, 0) is 49.4 Å². The SMILES string of the molecule is CCOC(=O)Cn1c(=NC(=O)c2ccc(S(=O)(=O)N(CCC#N)CCC#N)cc2)sc2cc(Cl)ccc21. The second-order valence-electron chi connectivity index (χ2n) is 7.55. The number of nitrogens with zero attached hydrogens (tertiary/aromatic N) is 5. The summed E-state index contributed by atoms with van der Waals surface area (Å²) >= 11 is 7.27. The highest BCUT2D eigenvalue weighted by atomic mass is 35.5. The molecule has 13 heteroatoms. The van der Waals surface area contributed by atoms with Gasteiger partial charge in [-0.1, -0.05) is 22.9 Å². The molecule has 0 unspecified atom stereocenters. The van der Waals surface area contributed by atoms with Crippen molar-refractivity contribution in [2.24, 2.45) is 4.99 Å². The van der Waals surface area contributed by atoms with Gasteiger partial charge in [-0.3, -0.25) is 9.59 Å². The van der Waals surface area contributed by atoms with Gasteiger partial charge in [-0.15, -0.1) is 0 Å². The summed E-state index contributed by atoms with van der Waals surface area (Å²) in [5.74, 6) is -1.12. The molecule has 1 aromatic heterocycles. The van der Waals surface area contributed by atoms with E-state index >= 15 is 0 Å². The van der Waals surface area contributed by atoms with Crippen LogP contribution < -0.4 is 4.80 Å². The molecule has 0 atom stereocenters. The van der Waals surface area contributed by atoms with E-state index in [4.69, 9.17) is 26.9 Å². The topological polar surface area (TPSA) is 146 Å². The third kappa shape index (κ3) is 6.81. The van der Waals surface area contributed by atoms with Gasteiger partial charge in [0, 0.05) is 36.5 Å². The number of aromatic nitrogens is 1. The standard InChI is InChI=1S/C24H22ClN5O5S2/c1-2-35-22(31)16-30-20-10-7-18(25)15-21(20)36-24(30)28-23(32)17-5-8-19(9-6-17)37(33,34)29(13-3-11-26)14-4-12-27/h5-10,15H,2-4,13-14,16H2,1H3. The maximum Gasteiger partial charge on any atom is 0.326 e. The highest BCUT2D eigenvalue weighted by Gasteiger charge is 2.24. The fraction of sp³-hybridized carbons (Fsp3) is 0.292. The van der Waals surface area contributed by atoms with Crippen LogP contribution in [0.25, 0.3) is 10.2 Å². The molecule has 0 spiro atoms. The number of ether oxygens (including phenoxy) is 1. The lowest BCUT2D eigenvalue weighted by Crippen LogP contribution is -2.32. The number of amides is 1. The zero-order valence-corrected chi connectivity index (χ0v) is 22.1. The lowest BCUT2D eigenvalue weighted by Gasteiger charge is -2.20. The van der Waals surface area contributed by atoms with E-state index in [1.165, 1.54) is 35.6 Å². The Labute approximate surface area is 222 Å². The van der Waals surface area contributed by atoms with Crippen LogP contribution >= 0.6 is 22.9 Å².